The topological polar surface area (TPSA) is 99.7 Å². The average Bonchev–Trinajstić information content (AvgIpc) is 3.05. The number of hydrogen-bond acceptors (Lipinski definition) is 6. The lowest BCUT2D eigenvalue weighted by atomic mass is 9.95. The number of amides is 2. The highest BCUT2D eigenvalue weighted by Crippen LogP contribution is 2.24. The van der Waals surface area contributed by atoms with Gasteiger partial charge >= 0.3 is 0 Å². The summed E-state index contributed by atoms with van der Waals surface area (Å²) in [5.74, 6) is -0.345. The second-order valence-electron chi connectivity index (χ2n) is 8.69. The molecule has 0 unspecified atom stereocenters. The number of carbonyl (C=O) groups excluding carboxylic acids is 2. The lowest BCUT2D eigenvalue weighted by Crippen LogP contribution is -2.41. The zero-order valence-electron chi connectivity index (χ0n) is 18.8. The highest BCUT2D eigenvalue weighted by molar-refractivity contribution is 7.89. The molecule has 0 bridgehead atoms. The number of hydrogen-bond donors (Lipinski definition) is 1. The molecule has 0 spiro atoms. The highest BCUT2D eigenvalue weighted by Gasteiger charge is 2.29. The molecule has 2 aliphatic rings. The first kappa shape index (κ1) is 23.8. The number of piperidine rings is 1. The van der Waals surface area contributed by atoms with E-state index in [1.807, 2.05) is 12.3 Å². The predicted octanol–water partition coefficient (Wildman–Crippen LogP) is 3.51. The molecule has 3 heterocycles. The van der Waals surface area contributed by atoms with Crippen LogP contribution in [-0.4, -0.2) is 60.6 Å². The van der Waals surface area contributed by atoms with Gasteiger partial charge in [-0.3, -0.25) is 9.59 Å². The van der Waals surface area contributed by atoms with E-state index in [-0.39, 0.29) is 22.6 Å². The number of nitrogens with one attached hydrogen (secondary N) is 1. The van der Waals surface area contributed by atoms with Crippen molar-refractivity contribution in [3.8, 4) is 0 Å². The van der Waals surface area contributed by atoms with Gasteiger partial charge in [0.05, 0.1) is 10.6 Å². The maximum atomic E-state index is 12.9. The van der Waals surface area contributed by atoms with Gasteiger partial charge in [-0.05, 0) is 56.9 Å². The minimum Gasteiger partial charge on any atom is -0.339 e. The fourth-order valence-electron chi connectivity index (χ4n) is 4.35. The molecule has 1 aromatic heterocycles. The summed E-state index contributed by atoms with van der Waals surface area (Å²) in [5, 5.41) is 5.36. The largest absolute Gasteiger partial charge is 0.339 e. The number of rotatable bonds is 5. The summed E-state index contributed by atoms with van der Waals surface area (Å²) in [6.45, 7) is 3.96. The van der Waals surface area contributed by atoms with E-state index in [2.05, 4.69) is 10.3 Å². The molecule has 4 rings (SSSR count). The van der Waals surface area contributed by atoms with Crippen LogP contribution in [0.4, 0.5) is 5.13 Å². The number of carbonyl (C=O) groups is 2. The van der Waals surface area contributed by atoms with E-state index >= 15 is 0 Å². The maximum absolute atomic E-state index is 12.9. The van der Waals surface area contributed by atoms with Crippen LogP contribution in [0.3, 0.4) is 0 Å². The van der Waals surface area contributed by atoms with Crippen molar-refractivity contribution in [2.45, 2.75) is 50.3 Å². The van der Waals surface area contributed by atoms with Crippen molar-refractivity contribution in [2.75, 3.05) is 31.5 Å². The van der Waals surface area contributed by atoms with Gasteiger partial charge in [-0.15, -0.1) is 11.3 Å². The lowest BCUT2D eigenvalue weighted by Gasteiger charge is -2.31. The molecular formula is C23H30N4O4S2. The van der Waals surface area contributed by atoms with Gasteiger partial charge in [-0.25, -0.2) is 13.4 Å². The number of anilines is 1. The van der Waals surface area contributed by atoms with E-state index in [0.29, 0.717) is 49.7 Å². The minimum atomic E-state index is -3.53. The number of benzene rings is 1. The molecule has 33 heavy (non-hydrogen) atoms. The number of aryl methyl sites for hydroxylation is 1. The van der Waals surface area contributed by atoms with E-state index in [1.165, 1.54) is 23.5 Å². The summed E-state index contributed by atoms with van der Waals surface area (Å²) < 4.78 is 27.4. The van der Waals surface area contributed by atoms with Gasteiger partial charge in [-0.1, -0.05) is 12.8 Å². The predicted molar refractivity (Wildman–Crippen MR) is 128 cm³/mol. The van der Waals surface area contributed by atoms with Crippen LogP contribution in [0.1, 0.15) is 54.6 Å². The molecule has 1 N–H and O–H groups in total. The number of sulfonamides is 1. The Hall–Kier alpha value is -2.30. The normalized spacial score (nSPS) is 18.6. The Labute approximate surface area is 199 Å². The Bertz CT molecular complexity index is 1080. The van der Waals surface area contributed by atoms with Gasteiger partial charge < -0.3 is 10.2 Å². The molecular weight excluding hydrogens is 460 g/mol. The van der Waals surface area contributed by atoms with E-state index in [0.717, 1.165) is 31.4 Å². The van der Waals surface area contributed by atoms with Gasteiger partial charge in [0.1, 0.15) is 0 Å². The number of likely N-dealkylation sites (tertiary alicyclic amines) is 1. The fraction of sp³-hybridized carbons (Fsp3) is 0.522. The molecule has 0 atom stereocenters. The second kappa shape index (κ2) is 10.3. The molecule has 0 radical (unpaired) electrons. The van der Waals surface area contributed by atoms with Gasteiger partial charge in [0, 0.05) is 43.0 Å². The first-order valence-corrected chi connectivity index (χ1v) is 13.8. The summed E-state index contributed by atoms with van der Waals surface area (Å²) in [7, 11) is -3.53. The third-order valence-electron chi connectivity index (χ3n) is 6.31. The monoisotopic (exact) mass is 490 g/mol. The van der Waals surface area contributed by atoms with Crippen LogP contribution in [0.5, 0.6) is 0 Å². The molecule has 2 fully saturated rings. The van der Waals surface area contributed by atoms with Crippen molar-refractivity contribution in [3.63, 3.8) is 0 Å². The van der Waals surface area contributed by atoms with Crippen molar-refractivity contribution in [1.29, 1.82) is 0 Å². The summed E-state index contributed by atoms with van der Waals surface area (Å²) >= 11 is 1.40. The summed E-state index contributed by atoms with van der Waals surface area (Å²) in [6.07, 6.45) is 5.05. The van der Waals surface area contributed by atoms with Crippen molar-refractivity contribution in [1.82, 2.24) is 14.2 Å². The molecule has 2 aromatic rings. The first-order chi connectivity index (χ1) is 15.8. The van der Waals surface area contributed by atoms with Crippen LogP contribution in [-0.2, 0) is 14.8 Å². The van der Waals surface area contributed by atoms with E-state index in [9.17, 15) is 18.0 Å². The van der Waals surface area contributed by atoms with Crippen LogP contribution >= 0.6 is 11.3 Å². The Morgan fingerprint density at radius 3 is 2.21 bits per heavy atom. The van der Waals surface area contributed by atoms with Crippen LogP contribution in [0, 0.1) is 12.8 Å². The standard InChI is InChI=1S/C23H30N4O4S2/c1-17-16-32-23(24-17)25-21(28)18-10-14-26(15-11-18)22(29)19-6-8-20(9-7-19)33(30,31)27-12-4-2-3-5-13-27/h6-9,16,18H,2-5,10-15H2,1H3,(H,24,25,28). The van der Waals surface area contributed by atoms with Crippen molar-refractivity contribution >= 4 is 38.3 Å². The smallest absolute Gasteiger partial charge is 0.253 e. The third-order valence-corrected chi connectivity index (χ3v) is 9.09. The number of aromatic nitrogens is 1. The Morgan fingerprint density at radius 2 is 1.64 bits per heavy atom. The molecule has 2 amide bonds. The quantitative estimate of drug-likeness (QED) is 0.691. The van der Waals surface area contributed by atoms with Crippen LogP contribution in [0.25, 0.3) is 0 Å². The third kappa shape index (κ3) is 5.62. The fourth-order valence-corrected chi connectivity index (χ4v) is 6.55. The molecule has 10 heteroatoms. The zero-order chi connectivity index (χ0) is 23.4. The first-order valence-electron chi connectivity index (χ1n) is 11.5. The number of nitrogens with zero attached hydrogens (tertiary/aromatic N) is 3. The zero-order valence-corrected chi connectivity index (χ0v) is 20.5. The van der Waals surface area contributed by atoms with Gasteiger partial charge in [0.15, 0.2) is 5.13 Å². The Morgan fingerprint density at radius 1 is 1.00 bits per heavy atom. The molecule has 178 valence electrons. The van der Waals surface area contributed by atoms with Crippen LogP contribution in [0.2, 0.25) is 0 Å². The Balaban J connectivity index is 1.33. The van der Waals surface area contributed by atoms with Crippen LogP contribution in [0.15, 0.2) is 34.5 Å². The van der Waals surface area contributed by atoms with Crippen molar-refractivity contribution < 1.29 is 18.0 Å². The minimum absolute atomic E-state index is 0.0560. The molecule has 0 saturated carbocycles. The summed E-state index contributed by atoms with van der Waals surface area (Å²) in [6, 6.07) is 6.25. The summed E-state index contributed by atoms with van der Waals surface area (Å²) in [5.41, 5.74) is 1.34. The van der Waals surface area contributed by atoms with E-state index in [1.54, 1.807) is 21.3 Å². The highest BCUT2D eigenvalue weighted by atomic mass is 32.2. The molecule has 2 saturated heterocycles. The summed E-state index contributed by atoms with van der Waals surface area (Å²) in [4.78, 5) is 31.7. The van der Waals surface area contributed by atoms with Gasteiger partial charge in [0.2, 0.25) is 15.9 Å². The van der Waals surface area contributed by atoms with Gasteiger partial charge in [0.25, 0.3) is 5.91 Å². The lowest BCUT2D eigenvalue weighted by molar-refractivity contribution is -0.121. The van der Waals surface area contributed by atoms with E-state index < -0.39 is 10.0 Å². The average molecular weight is 491 g/mol. The van der Waals surface area contributed by atoms with Crippen molar-refractivity contribution in [2.24, 2.45) is 5.92 Å². The molecule has 2 aliphatic heterocycles. The van der Waals surface area contributed by atoms with Crippen LogP contribution < -0.4 is 5.32 Å². The molecule has 0 aliphatic carbocycles. The van der Waals surface area contributed by atoms with Crippen molar-refractivity contribution in [3.05, 3.63) is 40.9 Å². The molecule has 1 aromatic carbocycles. The second-order valence-corrected chi connectivity index (χ2v) is 11.5. The van der Waals surface area contributed by atoms with E-state index in [4.69, 9.17) is 0 Å². The Kier molecular flexibility index (Phi) is 7.45. The SMILES string of the molecule is Cc1csc(NC(=O)C2CCN(C(=O)c3ccc(S(=O)(=O)N4CCCCCC4)cc3)CC2)n1. The maximum Gasteiger partial charge on any atom is 0.253 e. The molecule has 8 nitrogen and oxygen atoms in total. The van der Waals surface area contributed by atoms with Gasteiger partial charge in [-0.2, -0.15) is 4.31 Å². The number of thiazole rings is 1.